The molecule has 0 amide bonds. The average molecular weight is 627 g/mol. The van der Waals surface area contributed by atoms with Crippen LogP contribution >= 0.6 is 12.2 Å². The lowest BCUT2D eigenvalue weighted by atomic mass is 10.1. The molecule has 0 aliphatic carbocycles. The van der Waals surface area contributed by atoms with E-state index in [1.54, 1.807) is 32.9 Å². The molecule has 5 rings (SSSR count). The van der Waals surface area contributed by atoms with Crippen molar-refractivity contribution in [3.63, 3.8) is 0 Å². The Morgan fingerprint density at radius 1 is 1.09 bits per heavy atom. The third kappa shape index (κ3) is 6.45. The van der Waals surface area contributed by atoms with Gasteiger partial charge in [0.15, 0.2) is 5.58 Å². The lowest BCUT2D eigenvalue weighted by Crippen LogP contribution is -2.46. The molecule has 0 saturated heterocycles. The molecule has 0 bridgehead atoms. The van der Waals surface area contributed by atoms with Crippen LogP contribution < -0.4 is 10.1 Å². The maximum absolute atomic E-state index is 13.1. The van der Waals surface area contributed by atoms with Crippen LogP contribution in [-0.2, 0) is 19.7 Å². The normalized spacial score (nSPS) is 14.0. The number of fused-ring (bicyclic) bond motifs is 4. The Kier molecular flexibility index (Phi) is 8.38. The summed E-state index contributed by atoms with van der Waals surface area (Å²) in [5.74, 6) is 0.0223. The predicted octanol–water partition coefficient (Wildman–Crippen LogP) is 4.67. The zero-order valence-electron chi connectivity index (χ0n) is 24.5. The number of aromatic amines is 1. The SMILES string of the molecule is CN(C)S(=O)(=O)n1c(=S)oc2ccc([C@@H](O)CN[C@H](COc3ccc4c(c3)[nH]c3ccccc34)C(=O)OC(C)(C)C)cc21. The van der Waals surface area contributed by atoms with E-state index in [-0.39, 0.29) is 29.1 Å². The average Bonchev–Trinajstić information content (AvgIpc) is 3.47. The highest BCUT2D eigenvalue weighted by Gasteiger charge is 2.28. The van der Waals surface area contributed by atoms with Gasteiger partial charge in [-0.2, -0.15) is 16.7 Å². The van der Waals surface area contributed by atoms with Gasteiger partial charge < -0.3 is 24.0 Å². The largest absolute Gasteiger partial charge is 0.491 e. The van der Waals surface area contributed by atoms with E-state index in [9.17, 15) is 18.3 Å². The van der Waals surface area contributed by atoms with E-state index in [4.69, 9.17) is 26.1 Å². The summed E-state index contributed by atoms with van der Waals surface area (Å²) in [6.45, 7) is 5.19. The smallest absolute Gasteiger partial charge is 0.327 e. The maximum Gasteiger partial charge on any atom is 0.327 e. The van der Waals surface area contributed by atoms with Gasteiger partial charge in [-0.25, -0.2) is 0 Å². The number of ether oxygens (including phenoxy) is 2. The van der Waals surface area contributed by atoms with E-state index >= 15 is 0 Å². The van der Waals surface area contributed by atoms with Crippen LogP contribution in [0, 0.1) is 4.84 Å². The molecule has 43 heavy (non-hydrogen) atoms. The van der Waals surface area contributed by atoms with Crippen molar-refractivity contribution in [2.75, 3.05) is 27.2 Å². The molecule has 5 aromatic rings. The van der Waals surface area contributed by atoms with E-state index in [0.717, 1.165) is 30.1 Å². The van der Waals surface area contributed by atoms with Crippen molar-refractivity contribution < 1.29 is 32.2 Å². The predicted molar refractivity (Wildman–Crippen MR) is 167 cm³/mol. The lowest BCUT2D eigenvalue weighted by molar-refractivity contribution is -0.158. The molecule has 0 aliphatic rings. The van der Waals surface area contributed by atoms with Crippen LogP contribution in [0.5, 0.6) is 5.75 Å². The molecular formula is C30H34N4O7S2. The van der Waals surface area contributed by atoms with Crippen molar-refractivity contribution in [2.24, 2.45) is 0 Å². The second-order valence-corrected chi connectivity index (χ2v) is 13.7. The van der Waals surface area contributed by atoms with Crippen LogP contribution in [0.3, 0.4) is 0 Å². The second kappa shape index (κ2) is 11.7. The fraction of sp³-hybridized carbons (Fsp3) is 0.333. The van der Waals surface area contributed by atoms with E-state index in [2.05, 4.69) is 10.3 Å². The molecule has 0 aliphatic heterocycles. The Morgan fingerprint density at radius 2 is 1.81 bits per heavy atom. The fourth-order valence-corrected chi connectivity index (χ4v) is 6.07. The number of rotatable bonds is 10. The van der Waals surface area contributed by atoms with Crippen LogP contribution in [0.15, 0.2) is 65.1 Å². The summed E-state index contributed by atoms with van der Waals surface area (Å²) in [5.41, 5.74) is 2.02. The van der Waals surface area contributed by atoms with Crippen molar-refractivity contribution in [1.82, 2.24) is 18.6 Å². The zero-order chi connectivity index (χ0) is 31.1. The first-order chi connectivity index (χ1) is 20.2. The lowest BCUT2D eigenvalue weighted by Gasteiger charge is -2.25. The van der Waals surface area contributed by atoms with Crippen LogP contribution in [0.4, 0.5) is 0 Å². The molecule has 13 heteroatoms. The summed E-state index contributed by atoms with van der Waals surface area (Å²) in [7, 11) is -1.20. The number of esters is 1. The number of benzene rings is 3. The topological polar surface area (TPSA) is 139 Å². The standard InChI is InChI=1S/C30H34N4O7S2/c1-30(2,3)41-28(36)24(17-39-19-11-12-21-20-8-6-7-9-22(20)32-23(21)15-19)31-16-26(35)18-10-13-27-25(14-18)34(29(42)40-27)43(37,38)33(4)5/h6-15,24,26,31-32,35H,16-17H2,1-5H3/t24-,26+/m1/s1. The molecule has 0 spiro atoms. The van der Waals surface area contributed by atoms with Gasteiger partial charge in [0.25, 0.3) is 4.84 Å². The van der Waals surface area contributed by atoms with Gasteiger partial charge in [0.2, 0.25) is 0 Å². The first-order valence-corrected chi connectivity index (χ1v) is 15.4. The highest BCUT2D eigenvalue weighted by atomic mass is 32.2. The number of aromatic nitrogens is 2. The molecule has 11 nitrogen and oxygen atoms in total. The monoisotopic (exact) mass is 626 g/mol. The van der Waals surface area contributed by atoms with Crippen LogP contribution in [0.1, 0.15) is 32.4 Å². The number of nitrogens with zero attached hydrogens (tertiary/aromatic N) is 2. The maximum atomic E-state index is 13.1. The third-order valence-corrected chi connectivity index (χ3v) is 8.91. The molecule has 2 aromatic heterocycles. The molecule has 3 aromatic carbocycles. The number of carbonyl (C=O) groups excluding carboxylic acids is 1. The first kappa shape index (κ1) is 30.7. The van der Waals surface area contributed by atoms with Gasteiger partial charge in [-0.15, -0.1) is 0 Å². The van der Waals surface area contributed by atoms with Gasteiger partial charge in [0, 0.05) is 43.0 Å². The van der Waals surface area contributed by atoms with Gasteiger partial charge in [0.1, 0.15) is 29.5 Å². The molecular weight excluding hydrogens is 592 g/mol. The summed E-state index contributed by atoms with van der Waals surface area (Å²) in [6.07, 6.45) is -1.11. The van der Waals surface area contributed by atoms with Crippen LogP contribution in [0.2, 0.25) is 0 Å². The third-order valence-electron chi connectivity index (χ3n) is 6.78. The number of hydrogen-bond donors (Lipinski definition) is 3. The number of H-pyrrole nitrogens is 1. The van der Waals surface area contributed by atoms with Crippen molar-refractivity contribution in [3.05, 3.63) is 71.1 Å². The van der Waals surface area contributed by atoms with Crippen molar-refractivity contribution in [2.45, 2.75) is 38.5 Å². The summed E-state index contributed by atoms with van der Waals surface area (Å²) in [6, 6.07) is 17.4. The minimum Gasteiger partial charge on any atom is -0.491 e. The van der Waals surface area contributed by atoms with Gasteiger partial charge in [0.05, 0.1) is 11.6 Å². The molecule has 0 unspecified atom stereocenters. The van der Waals surface area contributed by atoms with Crippen LogP contribution in [-0.4, -0.2) is 71.6 Å². The molecule has 228 valence electrons. The fourth-order valence-electron chi connectivity index (χ4n) is 4.66. The number of aliphatic hydroxyl groups excluding tert-OH is 1. The van der Waals surface area contributed by atoms with E-state index in [1.165, 1.54) is 20.2 Å². The number of aliphatic hydroxyl groups is 1. The van der Waals surface area contributed by atoms with E-state index < -0.39 is 33.9 Å². The Morgan fingerprint density at radius 3 is 2.53 bits per heavy atom. The molecule has 0 radical (unpaired) electrons. The number of para-hydroxylation sites is 1. The summed E-state index contributed by atoms with van der Waals surface area (Å²) >= 11 is 5.15. The Balaban J connectivity index is 1.34. The minimum atomic E-state index is -3.97. The first-order valence-electron chi connectivity index (χ1n) is 13.6. The van der Waals surface area contributed by atoms with Gasteiger partial charge >= 0.3 is 16.2 Å². The summed E-state index contributed by atoms with van der Waals surface area (Å²) < 4.78 is 44.7. The van der Waals surface area contributed by atoms with Gasteiger partial charge in [-0.1, -0.05) is 24.3 Å². The molecule has 3 N–H and O–H groups in total. The Bertz CT molecular complexity index is 1970. The van der Waals surface area contributed by atoms with Gasteiger partial charge in [-0.05, 0) is 68.9 Å². The number of hydrogen-bond acceptors (Lipinski definition) is 9. The number of oxazole rings is 1. The summed E-state index contributed by atoms with van der Waals surface area (Å²) in [5, 5.41) is 16.3. The zero-order valence-corrected chi connectivity index (χ0v) is 26.1. The highest BCUT2D eigenvalue weighted by molar-refractivity contribution is 7.88. The minimum absolute atomic E-state index is 0.0567. The number of carbonyl (C=O) groups is 1. The van der Waals surface area contributed by atoms with E-state index in [1.807, 2.05) is 42.5 Å². The summed E-state index contributed by atoms with van der Waals surface area (Å²) in [4.78, 5) is 16.2. The van der Waals surface area contributed by atoms with Crippen LogP contribution in [0.25, 0.3) is 32.9 Å². The quantitative estimate of drug-likeness (QED) is 0.149. The van der Waals surface area contributed by atoms with Crippen molar-refractivity contribution in [3.8, 4) is 5.75 Å². The van der Waals surface area contributed by atoms with Crippen molar-refractivity contribution in [1.29, 1.82) is 0 Å². The molecule has 0 fully saturated rings. The second-order valence-electron chi connectivity index (χ2n) is 11.3. The molecule has 2 heterocycles. The molecule has 2 atom stereocenters. The highest BCUT2D eigenvalue weighted by Crippen LogP contribution is 2.29. The van der Waals surface area contributed by atoms with Gasteiger partial charge in [-0.3, -0.25) is 10.1 Å². The van der Waals surface area contributed by atoms with E-state index in [0.29, 0.717) is 11.3 Å². The number of nitrogens with one attached hydrogen (secondary N) is 2. The Hall–Kier alpha value is -3.75. The van der Waals surface area contributed by atoms with Crippen molar-refractivity contribution >= 4 is 61.3 Å². The molecule has 0 saturated carbocycles. The Labute approximate surface area is 254 Å².